The normalized spacial score (nSPS) is 12.9. The fourth-order valence-corrected chi connectivity index (χ4v) is 1.86. The lowest BCUT2D eigenvalue weighted by atomic mass is 10.1. The fourth-order valence-electron chi connectivity index (χ4n) is 1.65. The van der Waals surface area contributed by atoms with Gasteiger partial charge in [0.05, 0.1) is 16.8 Å². The first-order chi connectivity index (χ1) is 8.52. The quantitative estimate of drug-likeness (QED) is 0.867. The Morgan fingerprint density at radius 2 is 2.00 bits per heavy atom. The van der Waals surface area contributed by atoms with Crippen molar-refractivity contribution in [3.63, 3.8) is 0 Å². The van der Waals surface area contributed by atoms with Crippen molar-refractivity contribution in [3.8, 4) is 11.4 Å². The lowest BCUT2D eigenvalue weighted by Crippen LogP contribution is -2.14. The Kier molecular flexibility index (Phi) is 3.52. The Morgan fingerprint density at radius 3 is 2.67 bits per heavy atom. The highest BCUT2D eigenvalue weighted by Crippen LogP contribution is 2.32. The number of hydrogen-bond donors (Lipinski definition) is 1. The van der Waals surface area contributed by atoms with Crippen LogP contribution in [0.3, 0.4) is 0 Å². The summed E-state index contributed by atoms with van der Waals surface area (Å²) in [6.07, 6.45) is 0. The molecule has 1 aromatic heterocycles. The minimum atomic E-state index is 0.187. The van der Waals surface area contributed by atoms with Crippen LogP contribution in [0.15, 0.2) is 18.2 Å². The van der Waals surface area contributed by atoms with E-state index in [2.05, 4.69) is 36.3 Å². The molecule has 0 aliphatic rings. The van der Waals surface area contributed by atoms with E-state index in [1.807, 2.05) is 12.1 Å². The van der Waals surface area contributed by atoms with Crippen LogP contribution in [0.2, 0.25) is 5.02 Å². The summed E-state index contributed by atoms with van der Waals surface area (Å²) in [5, 5.41) is 12.3. The molecule has 0 aliphatic heterocycles. The lowest BCUT2D eigenvalue weighted by molar-refractivity contribution is 0.371. The summed E-state index contributed by atoms with van der Waals surface area (Å²) in [6, 6.07) is 5.66. The number of benzene rings is 1. The summed E-state index contributed by atoms with van der Waals surface area (Å²) in [7, 11) is 0. The molecule has 0 saturated heterocycles. The molecule has 1 unspecified atom stereocenters. The van der Waals surface area contributed by atoms with E-state index in [1.165, 1.54) is 0 Å². The molecule has 2 rings (SSSR count). The van der Waals surface area contributed by atoms with Gasteiger partial charge in [-0.15, -0.1) is 5.10 Å². The van der Waals surface area contributed by atoms with Gasteiger partial charge in [-0.3, -0.25) is 0 Å². The van der Waals surface area contributed by atoms with Crippen LogP contribution in [0.25, 0.3) is 11.4 Å². The monoisotopic (exact) mass is 265 g/mol. The summed E-state index contributed by atoms with van der Waals surface area (Å²) in [4.78, 5) is 0. The molecule has 0 fully saturated rings. The molecular weight excluding hydrogens is 250 g/mol. The van der Waals surface area contributed by atoms with E-state index < -0.39 is 0 Å². The molecule has 0 saturated carbocycles. The van der Waals surface area contributed by atoms with Gasteiger partial charge in [0.15, 0.2) is 5.82 Å². The van der Waals surface area contributed by atoms with E-state index >= 15 is 0 Å². The molecule has 6 heteroatoms. The first kappa shape index (κ1) is 12.8. The molecule has 2 aromatic rings. The second-order valence-corrected chi connectivity index (χ2v) is 5.02. The van der Waals surface area contributed by atoms with Gasteiger partial charge in [-0.1, -0.05) is 31.5 Å². The highest BCUT2D eigenvalue weighted by atomic mass is 35.5. The van der Waals surface area contributed by atoms with Crippen LogP contribution in [-0.4, -0.2) is 20.2 Å². The third kappa shape index (κ3) is 2.18. The Hall–Kier alpha value is -1.62. The van der Waals surface area contributed by atoms with Crippen LogP contribution in [0.4, 0.5) is 5.69 Å². The highest BCUT2D eigenvalue weighted by molar-refractivity contribution is 6.35. The number of nitrogen functional groups attached to an aromatic ring is 1. The van der Waals surface area contributed by atoms with E-state index in [9.17, 15) is 0 Å². The summed E-state index contributed by atoms with van der Waals surface area (Å²) in [5.74, 6) is 1.07. The smallest absolute Gasteiger partial charge is 0.183 e. The molecule has 18 heavy (non-hydrogen) atoms. The zero-order valence-corrected chi connectivity index (χ0v) is 11.4. The molecule has 1 aromatic carbocycles. The predicted octanol–water partition coefficient (Wildman–Crippen LogP) is 2.79. The number of halogens is 1. The fraction of sp³-hybridized carbons (Fsp3) is 0.417. The maximum atomic E-state index is 6.21. The van der Waals surface area contributed by atoms with Gasteiger partial charge in [-0.25, -0.2) is 4.68 Å². The third-order valence-corrected chi connectivity index (χ3v) is 3.53. The molecule has 0 aliphatic carbocycles. The van der Waals surface area contributed by atoms with Crippen LogP contribution in [0, 0.1) is 5.92 Å². The third-order valence-electron chi connectivity index (χ3n) is 3.11. The number of rotatable bonds is 3. The van der Waals surface area contributed by atoms with E-state index in [0.29, 0.717) is 22.5 Å². The minimum Gasteiger partial charge on any atom is -0.398 e. The zero-order chi connectivity index (χ0) is 13.3. The van der Waals surface area contributed by atoms with Crippen molar-refractivity contribution in [3.05, 3.63) is 23.2 Å². The van der Waals surface area contributed by atoms with Crippen molar-refractivity contribution in [1.82, 2.24) is 20.2 Å². The minimum absolute atomic E-state index is 0.187. The van der Waals surface area contributed by atoms with Gasteiger partial charge in [0.1, 0.15) is 0 Å². The van der Waals surface area contributed by atoms with Crippen LogP contribution in [0.1, 0.15) is 26.8 Å². The number of tetrazole rings is 1. The summed E-state index contributed by atoms with van der Waals surface area (Å²) in [6.45, 7) is 6.32. The maximum absolute atomic E-state index is 6.21. The number of nitrogens with zero attached hydrogens (tertiary/aromatic N) is 4. The van der Waals surface area contributed by atoms with Gasteiger partial charge >= 0.3 is 0 Å². The van der Waals surface area contributed by atoms with Crippen LogP contribution in [-0.2, 0) is 0 Å². The van der Waals surface area contributed by atoms with Crippen LogP contribution in [0.5, 0.6) is 0 Å². The Morgan fingerprint density at radius 1 is 1.28 bits per heavy atom. The molecule has 1 atom stereocenters. The topological polar surface area (TPSA) is 69.6 Å². The van der Waals surface area contributed by atoms with Gasteiger partial charge in [0.25, 0.3) is 0 Å². The van der Waals surface area contributed by atoms with Gasteiger partial charge in [0, 0.05) is 5.56 Å². The summed E-state index contributed by atoms with van der Waals surface area (Å²) >= 11 is 6.21. The van der Waals surface area contributed by atoms with Gasteiger partial charge in [-0.2, -0.15) is 0 Å². The number of nitrogens with two attached hydrogens (primary N) is 1. The Bertz CT molecular complexity index is 549. The van der Waals surface area contributed by atoms with Gasteiger partial charge < -0.3 is 5.73 Å². The molecule has 0 spiro atoms. The zero-order valence-electron chi connectivity index (χ0n) is 10.6. The van der Waals surface area contributed by atoms with Crippen molar-refractivity contribution in [2.75, 3.05) is 5.73 Å². The Balaban J connectivity index is 2.52. The SMILES string of the molecule is CC(C)C(C)n1nnnc1-c1cccc(N)c1Cl. The molecule has 0 bridgehead atoms. The number of hydrogen-bond acceptors (Lipinski definition) is 4. The molecule has 0 amide bonds. The van der Waals surface area contributed by atoms with Crippen LogP contribution < -0.4 is 5.73 Å². The van der Waals surface area contributed by atoms with Crippen molar-refractivity contribution in [1.29, 1.82) is 0 Å². The van der Waals surface area contributed by atoms with Crippen LogP contribution >= 0.6 is 11.6 Å². The van der Waals surface area contributed by atoms with Gasteiger partial charge in [0.2, 0.25) is 0 Å². The second kappa shape index (κ2) is 4.94. The highest BCUT2D eigenvalue weighted by Gasteiger charge is 2.19. The lowest BCUT2D eigenvalue weighted by Gasteiger charge is -2.17. The van der Waals surface area contributed by atoms with Crippen molar-refractivity contribution in [2.24, 2.45) is 5.92 Å². The molecule has 1 heterocycles. The van der Waals surface area contributed by atoms with E-state index in [0.717, 1.165) is 5.56 Å². The average molecular weight is 266 g/mol. The summed E-state index contributed by atoms with van der Waals surface area (Å²) < 4.78 is 1.78. The molecule has 0 radical (unpaired) electrons. The molecule has 2 N–H and O–H groups in total. The van der Waals surface area contributed by atoms with Gasteiger partial charge in [-0.05, 0) is 35.4 Å². The van der Waals surface area contributed by atoms with E-state index in [-0.39, 0.29) is 6.04 Å². The number of aromatic nitrogens is 4. The average Bonchev–Trinajstić information content (AvgIpc) is 2.80. The first-order valence-electron chi connectivity index (χ1n) is 5.84. The Labute approximate surface area is 111 Å². The molecular formula is C12H16ClN5. The van der Waals surface area contributed by atoms with Crippen molar-refractivity contribution in [2.45, 2.75) is 26.8 Å². The second-order valence-electron chi connectivity index (χ2n) is 4.64. The van der Waals surface area contributed by atoms with Crippen molar-refractivity contribution >= 4 is 17.3 Å². The standard InChI is InChI=1S/C12H16ClN5/c1-7(2)8(3)18-12(15-16-17-18)9-5-4-6-10(14)11(9)13/h4-8H,14H2,1-3H3. The number of anilines is 1. The molecule has 96 valence electrons. The van der Waals surface area contributed by atoms with E-state index in [1.54, 1.807) is 10.7 Å². The predicted molar refractivity (Wildman–Crippen MR) is 72.2 cm³/mol. The largest absolute Gasteiger partial charge is 0.398 e. The van der Waals surface area contributed by atoms with E-state index in [4.69, 9.17) is 17.3 Å². The molecule has 5 nitrogen and oxygen atoms in total. The van der Waals surface area contributed by atoms with Crippen molar-refractivity contribution < 1.29 is 0 Å². The maximum Gasteiger partial charge on any atom is 0.183 e. The first-order valence-corrected chi connectivity index (χ1v) is 6.22. The summed E-state index contributed by atoms with van der Waals surface area (Å²) in [5.41, 5.74) is 7.09.